The lowest BCUT2D eigenvalue weighted by Crippen LogP contribution is -2.35. The van der Waals surface area contributed by atoms with Crippen LogP contribution in [0.5, 0.6) is 0 Å². The Balaban J connectivity index is 2.06. The van der Waals surface area contributed by atoms with Gasteiger partial charge >= 0.3 is 5.97 Å². The van der Waals surface area contributed by atoms with Crippen molar-refractivity contribution in [2.45, 2.75) is 25.1 Å². The molecule has 0 spiro atoms. The Morgan fingerprint density at radius 1 is 1.38 bits per heavy atom. The summed E-state index contributed by atoms with van der Waals surface area (Å²) in [5.74, 6) is -0.854. The first kappa shape index (κ1) is 11.1. The van der Waals surface area contributed by atoms with Crippen LogP contribution in [-0.2, 0) is 11.3 Å². The maximum absolute atomic E-state index is 11.0. The highest BCUT2D eigenvalue weighted by Gasteiger charge is 2.35. The number of carbonyl (C=O) groups is 1. The first-order valence-corrected chi connectivity index (χ1v) is 5.35. The van der Waals surface area contributed by atoms with Gasteiger partial charge in [0.1, 0.15) is 6.04 Å². The zero-order valence-electron chi connectivity index (χ0n) is 8.91. The van der Waals surface area contributed by atoms with Gasteiger partial charge in [0.15, 0.2) is 0 Å². The van der Waals surface area contributed by atoms with Crippen LogP contribution in [0, 0.1) is 0 Å². The van der Waals surface area contributed by atoms with Crippen molar-refractivity contribution >= 4 is 5.97 Å². The average molecular weight is 221 g/mol. The molecule has 86 valence electrons. The molecule has 1 aliphatic rings. The molecule has 0 unspecified atom stereocenters. The monoisotopic (exact) mass is 221 g/mol. The number of aliphatic hydroxyl groups is 1. The minimum atomic E-state index is -0.854. The van der Waals surface area contributed by atoms with Crippen LogP contribution >= 0.6 is 0 Å². The zero-order valence-corrected chi connectivity index (χ0v) is 8.91. The van der Waals surface area contributed by atoms with E-state index in [1.54, 1.807) is 0 Å². The Morgan fingerprint density at radius 3 is 2.69 bits per heavy atom. The third-order valence-electron chi connectivity index (χ3n) is 2.89. The topological polar surface area (TPSA) is 60.8 Å². The lowest BCUT2D eigenvalue weighted by atomic mass is 10.2. The first-order valence-electron chi connectivity index (χ1n) is 5.35. The van der Waals surface area contributed by atoms with Gasteiger partial charge in [0, 0.05) is 19.5 Å². The van der Waals surface area contributed by atoms with Crippen molar-refractivity contribution in [3.8, 4) is 0 Å². The number of aliphatic hydroxyl groups excluding tert-OH is 1. The molecule has 1 fully saturated rings. The maximum Gasteiger partial charge on any atom is 0.321 e. The number of carboxylic acid groups (broad SMARTS) is 1. The molecule has 4 heteroatoms. The Kier molecular flexibility index (Phi) is 3.22. The molecular weight excluding hydrogens is 206 g/mol. The van der Waals surface area contributed by atoms with E-state index in [1.165, 1.54) is 0 Å². The fourth-order valence-corrected chi connectivity index (χ4v) is 2.13. The van der Waals surface area contributed by atoms with Crippen LogP contribution in [0.4, 0.5) is 0 Å². The molecule has 1 heterocycles. The second-order valence-corrected chi connectivity index (χ2v) is 4.16. The van der Waals surface area contributed by atoms with E-state index in [1.807, 2.05) is 35.2 Å². The Labute approximate surface area is 94.1 Å². The summed E-state index contributed by atoms with van der Waals surface area (Å²) in [5.41, 5.74) is 1.07. The van der Waals surface area contributed by atoms with E-state index in [-0.39, 0.29) is 0 Å². The Bertz CT molecular complexity index is 366. The van der Waals surface area contributed by atoms with Gasteiger partial charge in [0.2, 0.25) is 0 Å². The standard InChI is InChI=1S/C12H15NO3/c14-10-6-11(12(15)16)13(8-10)7-9-4-2-1-3-5-9/h1-5,10-11,14H,6-8H2,(H,15,16)/t10-,11-/m1/s1. The fourth-order valence-electron chi connectivity index (χ4n) is 2.13. The summed E-state index contributed by atoms with van der Waals surface area (Å²) in [6.45, 7) is 1.01. The highest BCUT2D eigenvalue weighted by atomic mass is 16.4. The second kappa shape index (κ2) is 4.63. The largest absolute Gasteiger partial charge is 0.480 e. The van der Waals surface area contributed by atoms with Crippen LogP contribution < -0.4 is 0 Å². The van der Waals surface area contributed by atoms with Crippen LogP contribution in [0.25, 0.3) is 0 Å². The van der Waals surface area contributed by atoms with E-state index in [2.05, 4.69) is 0 Å². The van der Waals surface area contributed by atoms with Crippen molar-refractivity contribution < 1.29 is 15.0 Å². The zero-order chi connectivity index (χ0) is 11.5. The second-order valence-electron chi connectivity index (χ2n) is 4.16. The van der Waals surface area contributed by atoms with Gasteiger partial charge in [-0.05, 0) is 5.56 Å². The van der Waals surface area contributed by atoms with Gasteiger partial charge < -0.3 is 10.2 Å². The number of aliphatic carboxylic acids is 1. The van der Waals surface area contributed by atoms with Gasteiger partial charge in [-0.2, -0.15) is 0 Å². The molecule has 1 aliphatic heterocycles. The summed E-state index contributed by atoms with van der Waals surface area (Å²) in [6, 6.07) is 9.15. The average Bonchev–Trinajstić information content (AvgIpc) is 2.61. The number of carboxylic acids is 1. The molecule has 2 N–H and O–H groups in total. The number of benzene rings is 1. The molecule has 2 atom stereocenters. The number of nitrogens with zero attached hydrogens (tertiary/aromatic N) is 1. The van der Waals surface area contributed by atoms with Crippen LogP contribution in [0.1, 0.15) is 12.0 Å². The molecule has 1 saturated heterocycles. The molecule has 0 aliphatic carbocycles. The van der Waals surface area contributed by atoms with Crippen molar-refractivity contribution in [1.82, 2.24) is 4.90 Å². The van der Waals surface area contributed by atoms with Gasteiger partial charge in [-0.3, -0.25) is 9.69 Å². The van der Waals surface area contributed by atoms with Gasteiger partial charge in [0.05, 0.1) is 6.10 Å². The SMILES string of the molecule is O=C(O)[C@H]1C[C@@H](O)CN1Cc1ccccc1. The van der Waals surface area contributed by atoms with Crippen molar-refractivity contribution in [2.75, 3.05) is 6.54 Å². The molecule has 2 rings (SSSR count). The summed E-state index contributed by atoms with van der Waals surface area (Å²) in [6.07, 6.45) is -0.202. The smallest absolute Gasteiger partial charge is 0.321 e. The van der Waals surface area contributed by atoms with Gasteiger partial charge in [-0.15, -0.1) is 0 Å². The van der Waals surface area contributed by atoms with Gasteiger partial charge in [0.25, 0.3) is 0 Å². The van der Waals surface area contributed by atoms with Crippen LogP contribution in [-0.4, -0.2) is 39.8 Å². The van der Waals surface area contributed by atoms with Crippen LogP contribution in [0.2, 0.25) is 0 Å². The third kappa shape index (κ3) is 2.40. The van der Waals surface area contributed by atoms with E-state index in [0.717, 1.165) is 5.56 Å². The molecule has 0 aromatic heterocycles. The minimum Gasteiger partial charge on any atom is -0.480 e. The molecule has 0 bridgehead atoms. The van der Waals surface area contributed by atoms with Crippen molar-refractivity contribution in [3.05, 3.63) is 35.9 Å². The molecule has 1 aromatic rings. The predicted molar refractivity (Wildman–Crippen MR) is 58.9 cm³/mol. The summed E-state index contributed by atoms with van der Waals surface area (Å²) < 4.78 is 0. The number of hydrogen-bond acceptors (Lipinski definition) is 3. The Hall–Kier alpha value is -1.39. The van der Waals surface area contributed by atoms with Crippen molar-refractivity contribution in [1.29, 1.82) is 0 Å². The van der Waals surface area contributed by atoms with E-state index in [4.69, 9.17) is 5.11 Å². The highest BCUT2D eigenvalue weighted by molar-refractivity contribution is 5.74. The van der Waals surface area contributed by atoms with Crippen LogP contribution in [0.15, 0.2) is 30.3 Å². The van der Waals surface area contributed by atoms with E-state index >= 15 is 0 Å². The number of β-amino-alcohol motifs (C(OH)–C–C–N with tert-alkyl or cyclic N) is 1. The normalized spacial score (nSPS) is 25.8. The Morgan fingerprint density at radius 2 is 2.06 bits per heavy atom. The van der Waals surface area contributed by atoms with Crippen molar-refractivity contribution in [3.63, 3.8) is 0 Å². The van der Waals surface area contributed by atoms with Gasteiger partial charge in [-0.25, -0.2) is 0 Å². The minimum absolute atomic E-state index is 0.322. The van der Waals surface area contributed by atoms with E-state index < -0.39 is 18.1 Å². The molecule has 0 radical (unpaired) electrons. The molecule has 0 amide bonds. The number of rotatable bonds is 3. The molecule has 0 saturated carbocycles. The summed E-state index contributed by atoms with van der Waals surface area (Å²) in [5, 5.41) is 18.5. The molecule has 4 nitrogen and oxygen atoms in total. The first-order chi connectivity index (χ1) is 7.66. The number of likely N-dealkylation sites (tertiary alicyclic amines) is 1. The highest BCUT2D eigenvalue weighted by Crippen LogP contribution is 2.20. The number of hydrogen-bond donors (Lipinski definition) is 2. The third-order valence-corrected chi connectivity index (χ3v) is 2.89. The van der Waals surface area contributed by atoms with E-state index in [0.29, 0.717) is 19.5 Å². The summed E-state index contributed by atoms with van der Waals surface area (Å²) >= 11 is 0. The van der Waals surface area contributed by atoms with Gasteiger partial charge in [-0.1, -0.05) is 30.3 Å². The van der Waals surface area contributed by atoms with E-state index in [9.17, 15) is 9.90 Å². The lowest BCUT2D eigenvalue weighted by molar-refractivity contribution is -0.142. The van der Waals surface area contributed by atoms with Crippen molar-refractivity contribution in [2.24, 2.45) is 0 Å². The molecule has 1 aromatic carbocycles. The fraction of sp³-hybridized carbons (Fsp3) is 0.417. The quantitative estimate of drug-likeness (QED) is 0.789. The maximum atomic E-state index is 11.0. The molecular formula is C12H15NO3. The lowest BCUT2D eigenvalue weighted by Gasteiger charge is -2.20. The predicted octanol–water partition coefficient (Wildman–Crippen LogP) is 0.706. The van der Waals surface area contributed by atoms with Crippen LogP contribution in [0.3, 0.4) is 0 Å². The summed E-state index contributed by atoms with van der Waals surface area (Å²) in [4.78, 5) is 12.8. The summed E-state index contributed by atoms with van der Waals surface area (Å²) in [7, 11) is 0. The molecule has 16 heavy (non-hydrogen) atoms.